The van der Waals surface area contributed by atoms with Gasteiger partial charge in [-0.1, -0.05) is 6.07 Å². The minimum absolute atomic E-state index is 0.169. The molecule has 0 bridgehead atoms. The summed E-state index contributed by atoms with van der Waals surface area (Å²) in [4.78, 5) is 14.3. The van der Waals surface area contributed by atoms with Crippen molar-refractivity contribution in [1.82, 2.24) is 4.90 Å². The highest BCUT2D eigenvalue weighted by Gasteiger charge is 2.32. The van der Waals surface area contributed by atoms with Gasteiger partial charge >= 0.3 is 6.18 Å². The van der Waals surface area contributed by atoms with Crippen molar-refractivity contribution in [2.75, 3.05) is 19.9 Å². The van der Waals surface area contributed by atoms with Gasteiger partial charge in [-0.25, -0.2) is 0 Å². The van der Waals surface area contributed by atoms with E-state index in [1.165, 1.54) is 12.1 Å². The number of alkyl halides is 3. The molecule has 2 aromatic rings. The van der Waals surface area contributed by atoms with Crippen molar-refractivity contribution < 1.29 is 27.4 Å². The van der Waals surface area contributed by atoms with Crippen molar-refractivity contribution in [3.63, 3.8) is 0 Å². The molecule has 1 unspecified atom stereocenters. The van der Waals surface area contributed by atoms with E-state index in [0.717, 1.165) is 24.1 Å². The third kappa shape index (κ3) is 3.09. The number of hydrogen-bond donors (Lipinski definition) is 0. The Kier molecular flexibility index (Phi) is 4.01. The van der Waals surface area contributed by atoms with Gasteiger partial charge in [0.05, 0.1) is 5.56 Å². The Balaban J connectivity index is 1.45. The molecule has 0 aromatic heterocycles. The Morgan fingerprint density at radius 1 is 1.04 bits per heavy atom. The number of amides is 1. The van der Waals surface area contributed by atoms with Crippen LogP contribution < -0.4 is 9.47 Å². The Bertz CT molecular complexity index is 833. The number of likely N-dealkylation sites (tertiary alicyclic amines) is 1. The summed E-state index contributed by atoms with van der Waals surface area (Å²) in [5.41, 5.74) is 0.579. The van der Waals surface area contributed by atoms with Crippen molar-refractivity contribution in [3.05, 3.63) is 59.2 Å². The maximum absolute atomic E-state index is 12.6. The predicted octanol–water partition coefficient (Wildman–Crippen LogP) is 4.06. The lowest BCUT2D eigenvalue weighted by molar-refractivity contribution is -0.137. The van der Waals surface area contributed by atoms with Crippen LogP contribution >= 0.6 is 0 Å². The Morgan fingerprint density at radius 3 is 2.50 bits per heavy atom. The summed E-state index contributed by atoms with van der Waals surface area (Å²) in [7, 11) is 0. The molecule has 1 saturated heterocycles. The van der Waals surface area contributed by atoms with Crippen LogP contribution in [0.3, 0.4) is 0 Å². The van der Waals surface area contributed by atoms with E-state index in [9.17, 15) is 18.0 Å². The molecule has 0 N–H and O–H groups in total. The fourth-order valence-electron chi connectivity index (χ4n) is 3.37. The van der Waals surface area contributed by atoms with Gasteiger partial charge in [0.25, 0.3) is 5.91 Å². The molecule has 7 heteroatoms. The number of rotatable bonds is 2. The Morgan fingerprint density at radius 2 is 1.77 bits per heavy atom. The van der Waals surface area contributed by atoms with Gasteiger partial charge in [-0.3, -0.25) is 4.79 Å². The smallest absolute Gasteiger partial charge is 0.416 e. The van der Waals surface area contributed by atoms with E-state index in [4.69, 9.17) is 9.47 Å². The first-order chi connectivity index (χ1) is 12.4. The molecule has 1 fully saturated rings. The summed E-state index contributed by atoms with van der Waals surface area (Å²) in [5.74, 6) is 1.34. The lowest BCUT2D eigenvalue weighted by Crippen LogP contribution is -2.28. The number of carbonyl (C=O) groups is 1. The molecule has 4 rings (SSSR count). The zero-order chi connectivity index (χ0) is 18.3. The maximum Gasteiger partial charge on any atom is 0.416 e. The van der Waals surface area contributed by atoms with E-state index in [1.54, 1.807) is 4.90 Å². The molecule has 0 aliphatic carbocycles. The van der Waals surface area contributed by atoms with Crippen molar-refractivity contribution in [1.29, 1.82) is 0 Å². The molecule has 0 spiro atoms. The van der Waals surface area contributed by atoms with Crippen molar-refractivity contribution >= 4 is 5.91 Å². The van der Waals surface area contributed by atoms with E-state index in [2.05, 4.69) is 0 Å². The highest BCUT2D eigenvalue weighted by atomic mass is 19.4. The number of benzene rings is 2. The van der Waals surface area contributed by atoms with Crippen LogP contribution in [0, 0.1) is 0 Å². The molecule has 2 aliphatic heterocycles. The zero-order valence-corrected chi connectivity index (χ0v) is 13.8. The van der Waals surface area contributed by atoms with Crippen LogP contribution in [0.15, 0.2) is 42.5 Å². The van der Waals surface area contributed by atoms with E-state index in [0.29, 0.717) is 24.6 Å². The second-order valence-corrected chi connectivity index (χ2v) is 6.42. The molecule has 0 saturated carbocycles. The van der Waals surface area contributed by atoms with Crippen LogP contribution in [0.25, 0.3) is 0 Å². The first kappa shape index (κ1) is 16.8. The molecule has 2 aromatic carbocycles. The third-order valence-electron chi connectivity index (χ3n) is 4.80. The van der Waals surface area contributed by atoms with E-state index in [1.807, 2.05) is 18.2 Å². The highest BCUT2D eigenvalue weighted by Crippen LogP contribution is 2.37. The maximum atomic E-state index is 12.6. The van der Waals surface area contributed by atoms with Gasteiger partial charge in [-0.2, -0.15) is 13.2 Å². The molecule has 0 radical (unpaired) electrons. The van der Waals surface area contributed by atoms with Crippen molar-refractivity contribution in [2.24, 2.45) is 0 Å². The SMILES string of the molecule is O=C(c1ccc(C(F)(F)F)cc1)N1CCC(c2ccc3c(c2)OCO3)C1. The average Bonchev–Trinajstić information content (AvgIpc) is 3.29. The largest absolute Gasteiger partial charge is 0.454 e. The Hall–Kier alpha value is -2.70. The number of nitrogens with zero attached hydrogens (tertiary/aromatic N) is 1. The summed E-state index contributed by atoms with van der Waals surface area (Å²) in [6.07, 6.45) is -3.61. The van der Waals surface area contributed by atoms with Gasteiger partial charge in [0.1, 0.15) is 0 Å². The van der Waals surface area contributed by atoms with Crippen LogP contribution in [-0.4, -0.2) is 30.7 Å². The normalized spacial score (nSPS) is 19.0. The van der Waals surface area contributed by atoms with Gasteiger partial charge in [0, 0.05) is 24.6 Å². The van der Waals surface area contributed by atoms with Crippen molar-refractivity contribution in [2.45, 2.75) is 18.5 Å². The molecule has 2 aliphatic rings. The second kappa shape index (κ2) is 6.23. The number of carbonyl (C=O) groups excluding carboxylic acids is 1. The predicted molar refractivity (Wildman–Crippen MR) is 87.3 cm³/mol. The van der Waals surface area contributed by atoms with E-state index >= 15 is 0 Å². The minimum atomic E-state index is -4.40. The minimum Gasteiger partial charge on any atom is -0.454 e. The van der Waals surface area contributed by atoms with E-state index < -0.39 is 11.7 Å². The molecule has 26 heavy (non-hydrogen) atoms. The average molecular weight is 363 g/mol. The Labute approximate surface area is 148 Å². The summed E-state index contributed by atoms with van der Waals surface area (Å²) >= 11 is 0. The third-order valence-corrected chi connectivity index (χ3v) is 4.80. The lowest BCUT2D eigenvalue weighted by atomic mass is 9.98. The number of halogens is 3. The zero-order valence-electron chi connectivity index (χ0n) is 13.8. The van der Waals surface area contributed by atoms with Gasteiger partial charge in [0.2, 0.25) is 6.79 Å². The number of fused-ring (bicyclic) bond motifs is 1. The van der Waals surface area contributed by atoms with Gasteiger partial charge in [0.15, 0.2) is 11.5 Å². The molecule has 1 amide bonds. The molecular formula is C19H16F3NO3. The fraction of sp³-hybridized carbons (Fsp3) is 0.316. The van der Waals surface area contributed by atoms with Crippen LogP contribution in [0.2, 0.25) is 0 Å². The monoisotopic (exact) mass is 363 g/mol. The summed E-state index contributed by atoms with van der Waals surface area (Å²) in [5, 5.41) is 0. The van der Waals surface area contributed by atoms with Crippen LogP contribution in [0.1, 0.15) is 33.8 Å². The summed E-state index contributed by atoms with van der Waals surface area (Å²) in [6.45, 7) is 1.31. The molecule has 136 valence electrons. The van der Waals surface area contributed by atoms with Gasteiger partial charge in [-0.05, 0) is 48.4 Å². The van der Waals surface area contributed by atoms with E-state index in [-0.39, 0.29) is 24.2 Å². The number of hydrogen-bond acceptors (Lipinski definition) is 3. The van der Waals surface area contributed by atoms with Crippen LogP contribution in [0.4, 0.5) is 13.2 Å². The highest BCUT2D eigenvalue weighted by molar-refractivity contribution is 5.94. The molecule has 1 atom stereocenters. The van der Waals surface area contributed by atoms with Crippen LogP contribution in [-0.2, 0) is 6.18 Å². The molecule has 2 heterocycles. The molecule has 4 nitrogen and oxygen atoms in total. The van der Waals surface area contributed by atoms with Crippen molar-refractivity contribution in [3.8, 4) is 11.5 Å². The standard InChI is InChI=1S/C19H16F3NO3/c20-19(21,22)15-4-1-12(2-5-15)18(24)23-8-7-14(10-23)13-3-6-16-17(9-13)26-11-25-16/h1-6,9,14H,7-8,10-11H2. The first-order valence-electron chi connectivity index (χ1n) is 8.28. The second-order valence-electron chi connectivity index (χ2n) is 6.42. The first-order valence-corrected chi connectivity index (χ1v) is 8.28. The number of ether oxygens (including phenoxy) is 2. The van der Waals surface area contributed by atoms with Crippen LogP contribution in [0.5, 0.6) is 11.5 Å². The lowest BCUT2D eigenvalue weighted by Gasteiger charge is -2.17. The van der Waals surface area contributed by atoms with Gasteiger partial charge in [-0.15, -0.1) is 0 Å². The quantitative estimate of drug-likeness (QED) is 0.808. The summed E-state index contributed by atoms with van der Waals surface area (Å²) < 4.78 is 48.6. The summed E-state index contributed by atoms with van der Waals surface area (Å²) in [6, 6.07) is 10.1. The molecular weight excluding hydrogens is 347 g/mol. The topological polar surface area (TPSA) is 38.8 Å². The fourth-order valence-corrected chi connectivity index (χ4v) is 3.37. The van der Waals surface area contributed by atoms with Gasteiger partial charge < -0.3 is 14.4 Å².